The van der Waals surface area contributed by atoms with E-state index in [-0.39, 0.29) is 6.61 Å². The van der Waals surface area contributed by atoms with Gasteiger partial charge in [0.15, 0.2) is 0 Å². The predicted molar refractivity (Wildman–Crippen MR) is 67.6 cm³/mol. The fourth-order valence-corrected chi connectivity index (χ4v) is 1.88. The maximum absolute atomic E-state index is 8.80. The Balaban J connectivity index is 2.12. The number of aryl methyl sites for hydroxylation is 1. The number of pyridine rings is 1. The van der Waals surface area contributed by atoms with Crippen molar-refractivity contribution in [3.63, 3.8) is 0 Å². The number of hydrogen-bond donors (Lipinski definition) is 2. The third kappa shape index (κ3) is 3.31. The summed E-state index contributed by atoms with van der Waals surface area (Å²) in [5.74, 6) is 1.80. The number of hydrogen-bond acceptors (Lipinski definition) is 5. The number of morpholine rings is 1. The lowest BCUT2D eigenvalue weighted by Gasteiger charge is -2.28. The van der Waals surface area contributed by atoms with Crippen molar-refractivity contribution < 1.29 is 9.84 Å². The van der Waals surface area contributed by atoms with Crippen LogP contribution in [0.2, 0.25) is 0 Å². The second-order valence-electron chi connectivity index (χ2n) is 4.14. The summed E-state index contributed by atoms with van der Waals surface area (Å²) in [7, 11) is 0. The van der Waals surface area contributed by atoms with Crippen LogP contribution in [-0.2, 0) is 4.74 Å². The molecule has 0 amide bonds. The van der Waals surface area contributed by atoms with Crippen LogP contribution in [0.1, 0.15) is 5.56 Å². The van der Waals surface area contributed by atoms with Gasteiger partial charge in [0.25, 0.3) is 0 Å². The Morgan fingerprint density at radius 3 is 2.88 bits per heavy atom. The second-order valence-corrected chi connectivity index (χ2v) is 4.14. The highest BCUT2D eigenvalue weighted by Gasteiger charge is 2.13. The summed E-state index contributed by atoms with van der Waals surface area (Å²) in [6.45, 7) is 5.98. The van der Waals surface area contributed by atoms with Crippen molar-refractivity contribution >= 4 is 11.6 Å². The molecule has 0 spiro atoms. The molecule has 1 aromatic rings. The number of aromatic nitrogens is 1. The average Bonchev–Trinajstić information content (AvgIpc) is 2.37. The molecule has 1 aromatic heterocycles. The molecule has 5 heteroatoms. The van der Waals surface area contributed by atoms with Crippen molar-refractivity contribution in [1.29, 1.82) is 0 Å². The molecular formula is C12H19N3O2. The Labute approximate surface area is 101 Å². The summed E-state index contributed by atoms with van der Waals surface area (Å²) in [5.41, 5.74) is 1.17. The van der Waals surface area contributed by atoms with Crippen molar-refractivity contribution in [2.75, 3.05) is 49.7 Å². The number of aliphatic hydroxyl groups is 1. The van der Waals surface area contributed by atoms with Crippen molar-refractivity contribution in [3.05, 3.63) is 17.7 Å². The molecule has 2 heterocycles. The molecule has 2 N–H and O–H groups in total. The number of nitrogens with zero attached hydrogens (tertiary/aromatic N) is 2. The standard InChI is InChI=1S/C12H19N3O2/c1-10-8-11(13-2-5-16)14-12(9-10)15-3-6-17-7-4-15/h8-9,16H,2-7H2,1H3,(H,13,14). The Hall–Kier alpha value is -1.33. The zero-order valence-electron chi connectivity index (χ0n) is 10.1. The third-order valence-electron chi connectivity index (χ3n) is 2.71. The summed E-state index contributed by atoms with van der Waals surface area (Å²) in [6.07, 6.45) is 0. The third-order valence-corrected chi connectivity index (χ3v) is 2.71. The van der Waals surface area contributed by atoms with E-state index in [0.29, 0.717) is 6.54 Å². The van der Waals surface area contributed by atoms with E-state index in [1.54, 1.807) is 0 Å². The topological polar surface area (TPSA) is 57.6 Å². The van der Waals surface area contributed by atoms with Crippen LogP contribution in [0.3, 0.4) is 0 Å². The molecule has 0 aliphatic carbocycles. The smallest absolute Gasteiger partial charge is 0.131 e. The molecule has 0 radical (unpaired) electrons. The number of aliphatic hydroxyl groups excluding tert-OH is 1. The van der Waals surface area contributed by atoms with E-state index in [1.807, 2.05) is 6.07 Å². The van der Waals surface area contributed by atoms with Gasteiger partial charge in [-0.1, -0.05) is 0 Å². The van der Waals surface area contributed by atoms with Gasteiger partial charge in [-0.15, -0.1) is 0 Å². The molecule has 2 rings (SSSR count). The maximum Gasteiger partial charge on any atom is 0.131 e. The lowest BCUT2D eigenvalue weighted by molar-refractivity contribution is 0.122. The first-order chi connectivity index (χ1) is 8.29. The van der Waals surface area contributed by atoms with Crippen LogP contribution in [-0.4, -0.2) is 49.5 Å². The zero-order valence-corrected chi connectivity index (χ0v) is 10.1. The Morgan fingerprint density at radius 1 is 1.41 bits per heavy atom. The molecule has 1 saturated heterocycles. The summed E-state index contributed by atoms with van der Waals surface area (Å²) in [5, 5.41) is 11.9. The summed E-state index contributed by atoms with van der Waals surface area (Å²) >= 11 is 0. The van der Waals surface area contributed by atoms with Crippen LogP contribution in [0.15, 0.2) is 12.1 Å². The van der Waals surface area contributed by atoms with E-state index < -0.39 is 0 Å². The van der Waals surface area contributed by atoms with Crippen LogP contribution < -0.4 is 10.2 Å². The van der Waals surface area contributed by atoms with Gasteiger partial charge in [-0.25, -0.2) is 4.98 Å². The first-order valence-corrected chi connectivity index (χ1v) is 5.96. The minimum atomic E-state index is 0.114. The normalized spacial score (nSPS) is 16.0. The van der Waals surface area contributed by atoms with Gasteiger partial charge in [0.05, 0.1) is 19.8 Å². The van der Waals surface area contributed by atoms with Gasteiger partial charge < -0.3 is 20.1 Å². The Morgan fingerprint density at radius 2 is 2.18 bits per heavy atom. The molecule has 0 aromatic carbocycles. The number of ether oxygens (including phenoxy) is 1. The summed E-state index contributed by atoms with van der Waals surface area (Å²) in [6, 6.07) is 4.06. The molecule has 94 valence electrons. The van der Waals surface area contributed by atoms with Gasteiger partial charge >= 0.3 is 0 Å². The molecule has 0 saturated carbocycles. The molecule has 1 fully saturated rings. The minimum Gasteiger partial charge on any atom is -0.395 e. The highest BCUT2D eigenvalue weighted by molar-refractivity contribution is 5.50. The average molecular weight is 237 g/mol. The van der Waals surface area contributed by atoms with E-state index >= 15 is 0 Å². The van der Waals surface area contributed by atoms with Crippen molar-refractivity contribution in [2.24, 2.45) is 0 Å². The number of anilines is 2. The molecule has 1 aliphatic rings. The molecule has 0 bridgehead atoms. The lowest BCUT2D eigenvalue weighted by Crippen LogP contribution is -2.36. The summed E-state index contributed by atoms with van der Waals surface area (Å²) < 4.78 is 5.33. The lowest BCUT2D eigenvalue weighted by atomic mass is 10.2. The first-order valence-electron chi connectivity index (χ1n) is 5.96. The van der Waals surface area contributed by atoms with E-state index in [4.69, 9.17) is 9.84 Å². The minimum absolute atomic E-state index is 0.114. The summed E-state index contributed by atoms with van der Waals surface area (Å²) in [4.78, 5) is 6.77. The molecule has 1 aliphatic heterocycles. The highest BCUT2D eigenvalue weighted by Crippen LogP contribution is 2.18. The SMILES string of the molecule is Cc1cc(NCCO)nc(N2CCOCC2)c1. The Kier molecular flexibility index (Phi) is 4.17. The van der Waals surface area contributed by atoms with Crippen LogP contribution in [0.5, 0.6) is 0 Å². The van der Waals surface area contributed by atoms with E-state index in [1.165, 1.54) is 5.56 Å². The van der Waals surface area contributed by atoms with Crippen LogP contribution >= 0.6 is 0 Å². The van der Waals surface area contributed by atoms with Crippen LogP contribution in [0.4, 0.5) is 11.6 Å². The molecule has 0 unspecified atom stereocenters. The second kappa shape index (κ2) is 5.84. The van der Waals surface area contributed by atoms with Gasteiger partial charge in [-0.3, -0.25) is 0 Å². The molecule has 5 nitrogen and oxygen atoms in total. The number of nitrogens with one attached hydrogen (secondary N) is 1. The predicted octanol–water partition coefficient (Wildman–Crippen LogP) is 0.631. The fourth-order valence-electron chi connectivity index (χ4n) is 1.88. The molecule has 17 heavy (non-hydrogen) atoms. The van der Waals surface area contributed by atoms with Gasteiger partial charge in [0.1, 0.15) is 11.6 Å². The molecule has 0 atom stereocenters. The quantitative estimate of drug-likeness (QED) is 0.804. The monoisotopic (exact) mass is 237 g/mol. The van der Waals surface area contributed by atoms with E-state index in [9.17, 15) is 0 Å². The van der Waals surface area contributed by atoms with Gasteiger partial charge in [0, 0.05) is 19.6 Å². The van der Waals surface area contributed by atoms with E-state index in [2.05, 4.69) is 28.2 Å². The van der Waals surface area contributed by atoms with Gasteiger partial charge in [-0.2, -0.15) is 0 Å². The first kappa shape index (κ1) is 12.1. The van der Waals surface area contributed by atoms with Gasteiger partial charge in [0.2, 0.25) is 0 Å². The number of rotatable bonds is 4. The zero-order chi connectivity index (χ0) is 12.1. The fraction of sp³-hybridized carbons (Fsp3) is 0.583. The molecular weight excluding hydrogens is 218 g/mol. The van der Waals surface area contributed by atoms with Crippen LogP contribution in [0, 0.1) is 6.92 Å². The van der Waals surface area contributed by atoms with Crippen molar-refractivity contribution in [1.82, 2.24) is 4.98 Å². The Bertz CT molecular complexity index is 365. The van der Waals surface area contributed by atoms with Crippen molar-refractivity contribution in [2.45, 2.75) is 6.92 Å². The van der Waals surface area contributed by atoms with E-state index in [0.717, 1.165) is 37.9 Å². The van der Waals surface area contributed by atoms with Crippen LogP contribution in [0.25, 0.3) is 0 Å². The highest BCUT2D eigenvalue weighted by atomic mass is 16.5. The largest absolute Gasteiger partial charge is 0.395 e. The van der Waals surface area contributed by atoms with Crippen molar-refractivity contribution in [3.8, 4) is 0 Å². The maximum atomic E-state index is 8.80. The van der Waals surface area contributed by atoms with Gasteiger partial charge in [-0.05, 0) is 24.6 Å².